The predicted octanol–water partition coefficient (Wildman–Crippen LogP) is 3.37. The number of amides is 3. The largest absolute Gasteiger partial charge is 0.467 e. The fourth-order valence-electron chi connectivity index (χ4n) is 5.32. The summed E-state index contributed by atoms with van der Waals surface area (Å²) in [5, 5.41) is 8.89. The number of imide groups is 1. The number of aryl methyl sites for hydroxylation is 1. The van der Waals surface area contributed by atoms with Gasteiger partial charge >= 0.3 is 0 Å². The standard InChI is InChI=1S/C25H25N5O4/c31-23(28-12-4-7-20(28)22-27-26-21-8-2-1-3-11-29(21)22)16-9-10-18-19(14-16)25(33)30(24(18)32)15-17-6-5-13-34-17/h5-6,9-10,13-14,20H,1-4,7-8,11-12,15H2. The van der Waals surface area contributed by atoms with Crippen LogP contribution < -0.4 is 0 Å². The van der Waals surface area contributed by atoms with Crippen LogP contribution in [0.1, 0.15) is 86.6 Å². The van der Waals surface area contributed by atoms with Crippen LogP contribution in [0.2, 0.25) is 0 Å². The Balaban J connectivity index is 1.27. The molecule has 1 fully saturated rings. The Hall–Kier alpha value is -3.75. The molecule has 0 N–H and O–H groups in total. The number of rotatable bonds is 4. The van der Waals surface area contributed by atoms with E-state index in [0.717, 1.165) is 55.2 Å². The maximum absolute atomic E-state index is 13.6. The maximum Gasteiger partial charge on any atom is 0.261 e. The first-order chi connectivity index (χ1) is 16.6. The van der Waals surface area contributed by atoms with Gasteiger partial charge in [0.15, 0.2) is 5.82 Å². The van der Waals surface area contributed by atoms with Gasteiger partial charge in [-0.15, -0.1) is 10.2 Å². The molecule has 9 heteroatoms. The summed E-state index contributed by atoms with van der Waals surface area (Å²) in [6, 6.07) is 8.08. The Labute approximate surface area is 196 Å². The number of carbonyl (C=O) groups is 3. The van der Waals surface area contributed by atoms with Gasteiger partial charge in [-0.1, -0.05) is 6.42 Å². The van der Waals surface area contributed by atoms with E-state index in [1.807, 2.05) is 4.90 Å². The Kier molecular flexibility index (Phi) is 5.04. The minimum Gasteiger partial charge on any atom is -0.467 e. The summed E-state index contributed by atoms with van der Waals surface area (Å²) in [6.07, 6.45) is 7.53. The molecule has 1 saturated heterocycles. The normalized spacial score (nSPS) is 19.9. The number of nitrogens with zero attached hydrogens (tertiary/aromatic N) is 5. The van der Waals surface area contributed by atoms with Crippen molar-refractivity contribution in [1.29, 1.82) is 0 Å². The average molecular weight is 460 g/mol. The summed E-state index contributed by atoms with van der Waals surface area (Å²) in [6.45, 7) is 1.58. The number of carbonyl (C=O) groups excluding carboxylic acids is 3. The zero-order valence-corrected chi connectivity index (χ0v) is 18.8. The van der Waals surface area contributed by atoms with Gasteiger partial charge in [-0.25, -0.2) is 0 Å². The Bertz CT molecular complexity index is 1280. The third-order valence-corrected chi connectivity index (χ3v) is 7.06. The molecule has 34 heavy (non-hydrogen) atoms. The van der Waals surface area contributed by atoms with Gasteiger partial charge in [0, 0.05) is 25.1 Å². The van der Waals surface area contributed by atoms with Crippen LogP contribution in [-0.2, 0) is 19.5 Å². The molecule has 1 aromatic carbocycles. The molecule has 1 unspecified atom stereocenters. The van der Waals surface area contributed by atoms with Gasteiger partial charge in [0.2, 0.25) is 0 Å². The fourth-order valence-corrected chi connectivity index (χ4v) is 5.32. The van der Waals surface area contributed by atoms with E-state index in [0.29, 0.717) is 23.4 Å². The van der Waals surface area contributed by atoms with E-state index in [4.69, 9.17) is 4.42 Å². The van der Waals surface area contributed by atoms with Crippen LogP contribution in [0.5, 0.6) is 0 Å². The van der Waals surface area contributed by atoms with Gasteiger partial charge in [-0.05, 0) is 56.0 Å². The van der Waals surface area contributed by atoms with Crippen LogP contribution in [0, 0.1) is 0 Å². The van der Waals surface area contributed by atoms with Crippen molar-refractivity contribution in [3.8, 4) is 0 Å². The van der Waals surface area contributed by atoms with E-state index in [1.54, 1.807) is 30.3 Å². The summed E-state index contributed by atoms with van der Waals surface area (Å²) < 4.78 is 7.49. The molecule has 0 radical (unpaired) electrons. The van der Waals surface area contributed by atoms with Crippen molar-refractivity contribution >= 4 is 17.7 Å². The van der Waals surface area contributed by atoms with Crippen molar-refractivity contribution in [1.82, 2.24) is 24.6 Å². The first-order valence-corrected chi connectivity index (χ1v) is 11.9. The Morgan fingerprint density at radius 1 is 1.00 bits per heavy atom. The van der Waals surface area contributed by atoms with Gasteiger partial charge in [0.1, 0.15) is 11.6 Å². The molecule has 1 atom stereocenters. The molecule has 9 nitrogen and oxygen atoms in total. The van der Waals surface area contributed by atoms with Crippen LogP contribution in [0.15, 0.2) is 41.0 Å². The number of hydrogen-bond acceptors (Lipinski definition) is 6. The van der Waals surface area contributed by atoms with E-state index in [2.05, 4.69) is 14.8 Å². The van der Waals surface area contributed by atoms with E-state index in [1.165, 1.54) is 12.7 Å². The summed E-state index contributed by atoms with van der Waals surface area (Å²) in [5.74, 6) is 1.46. The van der Waals surface area contributed by atoms with Crippen molar-refractivity contribution in [3.05, 3.63) is 70.7 Å². The van der Waals surface area contributed by atoms with Crippen molar-refractivity contribution < 1.29 is 18.8 Å². The molecule has 5 heterocycles. The van der Waals surface area contributed by atoms with E-state index >= 15 is 0 Å². The second-order valence-electron chi connectivity index (χ2n) is 9.13. The lowest BCUT2D eigenvalue weighted by atomic mass is 10.0. The lowest BCUT2D eigenvalue weighted by Gasteiger charge is -2.25. The molecule has 3 amide bonds. The third kappa shape index (κ3) is 3.34. The van der Waals surface area contributed by atoms with Gasteiger partial charge in [-0.2, -0.15) is 0 Å². The van der Waals surface area contributed by atoms with Crippen LogP contribution in [-0.4, -0.2) is 48.8 Å². The minimum absolute atomic E-state index is 0.0643. The lowest BCUT2D eigenvalue weighted by molar-refractivity contribution is 0.0631. The Morgan fingerprint density at radius 3 is 2.74 bits per heavy atom. The maximum atomic E-state index is 13.6. The summed E-state index contributed by atoms with van der Waals surface area (Å²) in [4.78, 5) is 42.3. The molecule has 3 aliphatic rings. The third-order valence-electron chi connectivity index (χ3n) is 7.06. The van der Waals surface area contributed by atoms with Crippen molar-refractivity contribution in [2.24, 2.45) is 0 Å². The highest BCUT2D eigenvalue weighted by Gasteiger charge is 2.39. The van der Waals surface area contributed by atoms with Crippen LogP contribution in [0.3, 0.4) is 0 Å². The average Bonchev–Trinajstić information content (AvgIpc) is 3.62. The van der Waals surface area contributed by atoms with Gasteiger partial charge in [0.05, 0.1) is 30.0 Å². The number of furan rings is 1. The predicted molar refractivity (Wildman–Crippen MR) is 120 cm³/mol. The number of fused-ring (bicyclic) bond motifs is 2. The van der Waals surface area contributed by atoms with Gasteiger partial charge < -0.3 is 13.9 Å². The molecule has 0 saturated carbocycles. The highest BCUT2D eigenvalue weighted by Crippen LogP contribution is 2.34. The second kappa shape index (κ2) is 8.23. The molecule has 3 aromatic rings. The number of benzene rings is 1. The quantitative estimate of drug-likeness (QED) is 0.555. The first-order valence-electron chi connectivity index (χ1n) is 11.9. The minimum atomic E-state index is -0.410. The molecule has 0 bridgehead atoms. The van der Waals surface area contributed by atoms with E-state index in [-0.39, 0.29) is 30.0 Å². The SMILES string of the molecule is O=C1c2ccc(C(=O)N3CCCC3c3nnc4n3CCCCC4)cc2C(=O)N1Cc1ccco1. The zero-order valence-electron chi connectivity index (χ0n) is 18.8. The number of hydrogen-bond donors (Lipinski definition) is 0. The van der Waals surface area contributed by atoms with Crippen molar-refractivity contribution in [3.63, 3.8) is 0 Å². The topological polar surface area (TPSA) is 102 Å². The molecular formula is C25H25N5O4. The molecule has 2 aromatic heterocycles. The number of aromatic nitrogens is 3. The van der Waals surface area contributed by atoms with E-state index in [9.17, 15) is 14.4 Å². The highest BCUT2D eigenvalue weighted by molar-refractivity contribution is 6.22. The number of likely N-dealkylation sites (tertiary alicyclic amines) is 1. The second-order valence-corrected chi connectivity index (χ2v) is 9.13. The summed E-state index contributed by atoms with van der Waals surface area (Å²) in [5.41, 5.74) is 0.977. The lowest BCUT2D eigenvalue weighted by Crippen LogP contribution is -2.32. The van der Waals surface area contributed by atoms with Crippen LogP contribution in [0.25, 0.3) is 0 Å². The van der Waals surface area contributed by atoms with Gasteiger partial charge in [0.25, 0.3) is 17.7 Å². The Morgan fingerprint density at radius 2 is 1.88 bits per heavy atom. The monoisotopic (exact) mass is 459 g/mol. The van der Waals surface area contributed by atoms with Crippen LogP contribution in [0.4, 0.5) is 0 Å². The molecule has 0 aliphatic carbocycles. The van der Waals surface area contributed by atoms with Crippen molar-refractivity contribution in [2.75, 3.05) is 6.54 Å². The van der Waals surface area contributed by atoms with Crippen molar-refractivity contribution in [2.45, 2.75) is 57.7 Å². The summed E-state index contributed by atoms with van der Waals surface area (Å²) >= 11 is 0. The van der Waals surface area contributed by atoms with E-state index < -0.39 is 5.91 Å². The molecule has 6 rings (SSSR count). The van der Waals surface area contributed by atoms with Crippen LogP contribution >= 0.6 is 0 Å². The fraction of sp³-hybridized carbons (Fsp3) is 0.400. The van der Waals surface area contributed by atoms with Gasteiger partial charge in [-0.3, -0.25) is 19.3 Å². The first kappa shape index (κ1) is 20.8. The molecule has 3 aliphatic heterocycles. The molecule has 174 valence electrons. The zero-order chi connectivity index (χ0) is 23.2. The smallest absolute Gasteiger partial charge is 0.261 e. The molecule has 0 spiro atoms. The summed E-state index contributed by atoms with van der Waals surface area (Å²) in [7, 11) is 0. The highest BCUT2D eigenvalue weighted by atomic mass is 16.3. The molecular weight excluding hydrogens is 434 g/mol.